The number of amides is 2. The third-order valence-corrected chi connectivity index (χ3v) is 9.98. The summed E-state index contributed by atoms with van der Waals surface area (Å²) in [5.41, 5.74) is 4.51. The average molecular weight is 726 g/mol. The van der Waals surface area contributed by atoms with Crippen LogP contribution in [-0.4, -0.2) is 63.3 Å². The van der Waals surface area contributed by atoms with E-state index in [2.05, 4.69) is 54.5 Å². The highest BCUT2D eigenvalue weighted by Gasteiger charge is 2.30. The number of carbonyl (C=O) groups is 2. The van der Waals surface area contributed by atoms with Gasteiger partial charge in [-0.25, -0.2) is 4.98 Å². The maximum atomic E-state index is 13.7. The number of piperidine rings is 1. The van der Waals surface area contributed by atoms with Gasteiger partial charge in [-0.05, 0) is 54.2 Å². The summed E-state index contributed by atoms with van der Waals surface area (Å²) in [6.45, 7) is 3.09. The van der Waals surface area contributed by atoms with E-state index in [-0.39, 0.29) is 30.0 Å². The second-order valence-electron chi connectivity index (χ2n) is 13.6. The molecule has 0 radical (unpaired) electrons. The summed E-state index contributed by atoms with van der Waals surface area (Å²) < 4.78 is 13.2. The van der Waals surface area contributed by atoms with Crippen molar-refractivity contribution < 1.29 is 18.7 Å². The molecule has 3 aromatic heterocycles. The molecule has 13 heteroatoms. The number of nitrogens with zero attached hydrogens (tertiary/aromatic N) is 6. The maximum absolute atomic E-state index is 13.7. The number of aryl methyl sites for hydroxylation is 3. The zero-order valence-corrected chi connectivity index (χ0v) is 30.4. The number of aromatic nitrogens is 5. The number of H-pyrrole nitrogens is 1. The van der Waals surface area contributed by atoms with Crippen LogP contribution in [-0.2, 0) is 35.4 Å². The SMILES string of the molecule is COc1ccc(Cn2c(CCc3ccccc3)nnc2[C@@H](Cc2c[nH]c3ccccc23)NC(=O)CNC(=O)C2CCN(c3oc(C)nc3C#N)CC2)cc1. The molecule has 1 saturated heterocycles. The Bertz CT molecular complexity index is 2240. The van der Waals surface area contributed by atoms with Gasteiger partial charge in [0.25, 0.3) is 0 Å². The second-order valence-corrected chi connectivity index (χ2v) is 13.6. The van der Waals surface area contributed by atoms with Crippen molar-refractivity contribution in [2.45, 2.75) is 51.6 Å². The van der Waals surface area contributed by atoms with Crippen molar-refractivity contribution in [1.82, 2.24) is 35.4 Å². The summed E-state index contributed by atoms with van der Waals surface area (Å²) in [5.74, 6) is 2.29. The van der Waals surface area contributed by atoms with Crippen LogP contribution in [0, 0.1) is 24.2 Å². The van der Waals surface area contributed by atoms with Gasteiger partial charge in [-0.15, -0.1) is 10.2 Å². The predicted molar refractivity (Wildman–Crippen MR) is 203 cm³/mol. The van der Waals surface area contributed by atoms with E-state index in [1.807, 2.05) is 71.8 Å². The van der Waals surface area contributed by atoms with Crippen LogP contribution >= 0.6 is 0 Å². The predicted octanol–water partition coefficient (Wildman–Crippen LogP) is 5.20. The zero-order valence-electron chi connectivity index (χ0n) is 30.4. The minimum atomic E-state index is -0.548. The first-order valence-electron chi connectivity index (χ1n) is 18.2. The molecule has 1 aliphatic heterocycles. The normalized spacial score (nSPS) is 13.8. The number of benzene rings is 3. The van der Waals surface area contributed by atoms with Crippen LogP contribution in [0.25, 0.3) is 10.9 Å². The number of para-hydroxylation sites is 1. The Balaban J connectivity index is 1.09. The zero-order chi connectivity index (χ0) is 37.4. The lowest BCUT2D eigenvalue weighted by Crippen LogP contribution is -2.44. The molecule has 0 aliphatic carbocycles. The number of hydrogen-bond acceptors (Lipinski definition) is 9. The van der Waals surface area contributed by atoms with E-state index in [0.29, 0.717) is 62.9 Å². The first kappa shape index (κ1) is 36.0. The molecule has 3 N–H and O–H groups in total. The number of fused-ring (bicyclic) bond motifs is 1. The van der Waals surface area contributed by atoms with Gasteiger partial charge in [0.05, 0.1) is 26.2 Å². The van der Waals surface area contributed by atoms with E-state index in [1.165, 1.54) is 5.56 Å². The van der Waals surface area contributed by atoms with Crippen molar-refractivity contribution in [2.75, 3.05) is 31.6 Å². The average Bonchev–Trinajstić information content (AvgIpc) is 3.93. The molecule has 0 unspecified atom stereocenters. The quantitative estimate of drug-likeness (QED) is 0.137. The van der Waals surface area contributed by atoms with E-state index >= 15 is 0 Å². The van der Waals surface area contributed by atoms with E-state index < -0.39 is 6.04 Å². The molecule has 0 spiro atoms. The van der Waals surface area contributed by atoms with Crippen molar-refractivity contribution in [3.05, 3.63) is 125 Å². The molecule has 7 rings (SSSR count). The van der Waals surface area contributed by atoms with E-state index in [9.17, 15) is 14.9 Å². The molecule has 6 aromatic rings. The molecule has 4 heterocycles. The number of hydrogen-bond donors (Lipinski definition) is 3. The number of nitriles is 1. The fourth-order valence-corrected chi connectivity index (χ4v) is 7.11. The first-order chi connectivity index (χ1) is 26.4. The molecule has 13 nitrogen and oxygen atoms in total. The van der Waals surface area contributed by atoms with Crippen molar-refractivity contribution >= 4 is 28.6 Å². The molecular weight excluding hydrogens is 683 g/mol. The minimum absolute atomic E-state index is 0.182. The van der Waals surface area contributed by atoms with Crippen LogP contribution in [0.3, 0.4) is 0 Å². The summed E-state index contributed by atoms with van der Waals surface area (Å²) in [7, 11) is 1.64. The summed E-state index contributed by atoms with van der Waals surface area (Å²) in [4.78, 5) is 36.4. The van der Waals surface area contributed by atoms with Gasteiger partial charge in [0.2, 0.25) is 23.4 Å². The molecule has 1 aliphatic rings. The van der Waals surface area contributed by atoms with Gasteiger partial charge in [0.15, 0.2) is 11.7 Å². The fraction of sp³-hybridized carbons (Fsp3) is 0.317. The van der Waals surface area contributed by atoms with Gasteiger partial charge in [-0.3, -0.25) is 9.59 Å². The van der Waals surface area contributed by atoms with Crippen LogP contribution in [0.5, 0.6) is 5.75 Å². The number of methoxy groups -OCH3 is 1. The number of oxazole rings is 1. The Hall–Kier alpha value is -6.42. The van der Waals surface area contributed by atoms with E-state index in [4.69, 9.17) is 14.3 Å². The summed E-state index contributed by atoms with van der Waals surface area (Å²) in [5, 5.41) is 26.0. The number of aromatic amines is 1. The maximum Gasteiger partial charge on any atom is 0.239 e. The second kappa shape index (κ2) is 16.5. The van der Waals surface area contributed by atoms with Crippen LogP contribution in [0.1, 0.15) is 58.8 Å². The lowest BCUT2D eigenvalue weighted by molar-refractivity contribution is -0.129. The standard InChI is InChI=1S/C41H43N9O4/c1-27-45-36(23-42)41(54-27)49-20-18-30(19-21-49)40(52)44-25-38(51)46-35(22-31-24-43-34-11-7-6-10-33(31)34)39-48-47-37(17-14-28-8-4-3-5-9-28)50(39)26-29-12-15-32(53-2)16-13-29/h3-13,15-16,24,30,35,43H,14,17-22,25-26H2,1-2H3,(H,44,52)(H,46,51)/t35-/m1/s1. The molecule has 276 valence electrons. The molecule has 1 fully saturated rings. The highest BCUT2D eigenvalue weighted by molar-refractivity contribution is 5.86. The molecule has 54 heavy (non-hydrogen) atoms. The lowest BCUT2D eigenvalue weighted by Gasteiger charge is -2.31. The first-order valence-corrected chi connectivity index (χ1v) is 18.2. The van der Waals surface area contributed by atoms with Gasteiger partial charge in [0.1, 0.15) is 17.6 Å². The van der Waals surface area contributed by atoms with Crippen LogP contribution in [0.2, 0.25) is 0 Å². The molecular formula is C41H43N9O4. The van der Waals surface area contributed by atoms with E-state index in [0.717, 1.165) is 40.0 Å². The minimum Gasteiger partial charge on any atom is -0.497 e. The summed E-state index contributed by atoms with van der Waals surface area (Å²) in [6.07, 6.45) is 4.97. The Morgan fingerprint density at radius 1 is 1.00 bits per heavy atom. The fourth-order valence-electron chi connectivity index (χ4n) is 7.11. The molecule has 0 bridgehead atoms. The molecule has 2 amide bonds. The highest BCUT2D eigenvalue weighted by atomic mass is 16.5. The van der Waals surface area contributed by atoms with Crippen molar-refractivity contribution in [3.63, 3.8) is 0 Å². The molecule has 3 aromatic carbocycles. The van der Waals surface area contributed by atoms with Crippen LogP contribution in [0.15, 0.2) is 89.5 Å². The number of nitrogens with one attached hydrogen (secondary N) is 3. The van der Waals surface area contributed by atoms with Crippen LogP contribution in [0.4, 0.5) is 5.88 Å². The molecule has 1 atom stereocenters. The Kier molecular flexibility index (Phi) is 11.0. The van der Waals surface area contributed by atoms with Gasteiger partial charge >= 0.3 is 0 Å². The number of ether oxygens (including phenoxy) is 1. The number of rotatable bonds is 14. The van der Waals surface area contributed by atoms with Gasteiger partial charge < -0.3 is 34.2 Å². The van der Waals surface area contributed by atoms with Crippen LogP contribution < -0.4 is 20.3 Å². The topological polar surface area (TPSA) is 167 Å². The largest absolute Gasteiger partial charge is 0.497 e. The highest BCUT2D eigenvalue weighted by Crippen LogP contribution is 2.28. The Morgan fingerprint density at radius 2 is 1.76 bits per heavy atom. The van der Waals surface area contributed by atoms with Gasteiger partial charge in [-0.1, -0.05) is 60.7 Å². The van der Waals surface area contributed by atoms with E-state index in [1.54, 1.807) is 14.0 Å². The van der Waals surface area contributed by atoms with Crippen molar-refractivity contribution in [2.24, 2.45) is 5.92 Å². The third kappa shape index (κ3) is 8.28. The smallest absolute Gasteiger partial charge is 0.239 e. The Morgan fingerprint density at radius 3 is 2.52 bits per heavy atom. The number of carbonyl (C=O) groups excluding carboxylic acids is 2. The van der Waals surface area contributed by atoms with Gasteiger partial charge in [-0.2, -0.15) is 5.26 Å². The van der Waals surface area contributed by atoms with Crippen molar-refractivity contribution in [1.29, 1.82) is 5.26 Å². The third-order valence-electron chi connectivity index (χ3n) is 9.98. The summed E-state index contributed by atoms with van der Waals surface area (Å²) >= 11 is 0. The monoisotopic (exact) mass is 725 g/mol. The van der Waals surface area contributed by atoms with Crippen molar-refractivity contribution in [3.8, 4) is 11.8 Å². The van der Waals surface area contributed by atoms with Gasteiger partial charge in [0, 0.05) is 55.9 Å². The Labute approximate surface area is 313 Å². The number of anilines is 1. The summed E-state index contributed by atoms with van der Waals surface area (Å²) in [6, 6.07) is 27.8. The lowest BCUT2D eigenvalue weighted by atomic mass is 9.96. The molecule has 0 saturated carbocycles.